The van der Waals surface area contributed by atoms with E-state index >= 15 is 0 Å². The van der Waals surface area contributed by atoms with Crippen molar-refractivity contribution < 1.29 is 9.90 Å². The molecule has 0 radical (unpaired) electrons. The van der Waals surface area contributed by atoms with Gasteiger partial charge in [0, 0.05) is 18.2 Å². The lowest BCUT2D eigenvalue weighted by Crippen LogP contribution is -2.33. The van der Waals surface area contributed by atoms with E-state index in [4.69, 9.17) is 0 Å². The van der Waals surface area contributed by atoms with Crippen LogP contribution in [0, 0.1) is 0 Å². The molecule has 2 aromatic rings. The fraction of sp³-hybridized carbons (Fsp3) is 0.278. The van der Waals surface area contributed by atoms with Gasteiger partial charge in [-0.1, -0.05) is 24.3 Å². The number of hydrogen-bond acceptors (Lipinski definition) is 2. The van der Waals surface area contributed by atoms with E-state index in [-0.39, 0.29) is 11.7 Å². The smallest absolute Gasteiger partial charge is 0.254 e. The molecule has 21 heavy (non-hydrogen) atoms. The van der Waals surface area contributed by atoms with Crippen molar-refractivity contribution in [2.45, 2.75) is 25.8 Å². The first-order chi connectivity index (χ1) is 10.1. The molecule has 0 bridgehead atoms. The first-order valence-corrected chi connectivity index (χ1v) is 7.35. The number of amides is 1. The number of carbonyl (C=O) groups is 1. The summed E-state index contributed by atoms with van der Waals surface area (Å²) in [6, 6.07) is 15.0. The van der Waals surface area contributed by atoms with Crippen LogP contribution in [0.4, 0.5) is 0 Å². The van der Waals surface area contributed by atoms with Crippen molar-refractivity contribution in [2.24, 2.45) is 0 Å². The van der Waals surface area contributed by atoms with Gasteiger partial charge in [-0.3, -0.25) is 4.79 Å². The van der Waals surface area contributed by atoms with Crippen LogP contribution < -0.4 is 0 Å². The molecule has 1 aliphatic rings. The predicted octanol–water partition coefficient (Wildman–Crippen LogP) is 3.68. The third-order valence-corrected chi connectivity index (χ3v) is 4.10. The molecule has 1 N–H and O–H groups in total. The summed E-state index contributed by atoms with van der Waals surface area (Å²) in [4.78, 5) is 14.5. The van der Waals surface area contributed by atoms with Crippen molar-refractivity contribution in [3.8, 4) is 16.9 Å². The van der Waals surface area contributed by atoms with Crippen LogP contribution in [0.1, 0.15) is 30.1 Å². The molecule has 3 rings (SSSR count). The van der Waals surface area contributed by atoms with E-state index in [2.05, 4.69) is 6.92 Å². The molecule has 1 atom stereocenters. The van der Waals surface area contributed by atoms with E-state index in [9.17, 15) is 9.90 Å². The second kappa shape index (κ2) is 5.60. The maximum absolute atomic E-state index is 12.6. The van der Waals surface area contributed by atoms with Crippen LogP contribution in [0.2, 0.25) is 0 Å². The minimum absolute atomic E-state index is 0.0991. The van der Waals surface area contributed by atoms with Gasteiger partial charge in [0.1, 0.15) is 5.75 Å². The lowest BCUT2D eigenvalue weighted by atomic mass is 10.0. The minimum Gasteiger partial charge on any atom is -0.508 e. The average Bonchev–Trinajstić information content (AvgIpc) is 2.93. The summed E-state index contributed by atoms with van der Waals surface area (Å²) in [6.45, 7) is 2.94. The SMILES string of the molecule is CC1CCCN1C(=O)c1cccc(-c2cccc(O)c2)c1. The molecule has 3 heteroatoms. The molecule has 108 valence electrons. The van der Waals surface area contributed by atoms with Crippen LogP contribution in [0.3, 0.4) is 0 Å². The topological polar surface area (TPSA) is 40.5 Å². The highest BCUT2D eigenvalue weighted by Crippen LogP contribution is 2.25. The van der Waals surface area contributed by atoms with Gasteiger partial charge in [-0.25, -0.2) is 0 Å². The average molecular weight is 281 g/mol. The fourth-order valence-corrected chi connectivity index (χ4v) is 2.92. The monoisotopic (exact) mass is 281 g/mol. The van der Waals surface area contributed by atoms with Crippen LogP contribution in [-0.4, -0.2) is 28.5 Å². The van der Waals surface area contributed by atoms with E-state index < -0.39 is 0 Å². The molecule has 0 aromatic heterocycles. The number of nitrogens with zero attached hydrogens (tertiary/aromatic N) is 1. The Labute approximate surface area is 124 Å². The number of benzene rings is 2. The minimum atomic E-state index is 0.0991. The molecule has 1 amide bonds. The van der Waals surface area contributed by atoms with E-state index in [1.54, 1.807) is 12.1 Å². The van der Waals surface area contributed by atoms with Crippen molar-refractivity contribution in [3.05, 3.63) is 54.1 Å². The molecule has 1 heterocycles. The van der Waals surface area contributed by atoms with Crippen molar-refractivity contribution in [3.63, 3.8) is 0 Å². The Balaban J connectivity index is 1.91. The number of aromatic hydroxyl groups is 1. The first-order valence-electron chi connectivity index (χ1n) is 7.35. The molecule has 3 nitrogen and oxygen atoms in total. The maximum Gasteiger partial charge on any atom is 0.254 e. The van der Waals surface area contributed by atoms with Crippen LogP contribution >= 0.6 is 0 Å². The molecule has 1 fully saturated rings. The summed E-state index contributed by atoms with van der Waals surface area (Å²) in [5.41, 5.74) is 2.58. The number of rotatable bonds is 2. The molecular formula is C18H19NO2. The Hall–Kier alpha value is -2.29. The van der Waals surface area contributed by atoms with Gasteiger partial charge in [-0.15, -0.1) is 0 Å². The summed E-state index contributed by atoms with van der Waals surface area (Å²) in [7, 11) is 0. The van der Waals surface area contributed by atoms with Gasteiger partial charge in [0.15, 0.2) is 0 Å². The van der Waals surface area contributed by atoms with Gasteiger partial charge in [0.05, 0.1) is 0 Å². The van der Waals surface area contributed by atoms with Crippen LogP contribution in [-0.2, 0) is 0 Å². The summed E-state index contributed by atoms with van der Waals surface area (Å²) >= 11 is 0. The van der Waals surface area contributed by atoms with Crippen LogP contribution in [0.25, 0.3) is 11.1 Å². The lowest BCUT2D eigenvalue weighted by Gasteiger charge is -2.21. The Kier molecular flexibility index (Phi) is 3.65. The van der Waals surface area contributed by atoms with Crippen molar-refractivity contribution in [2.75, 3.05) is 6.54 Å². The molecular weight excluding hydrogens is 262 g/mol. The summed E-state index contributed by atoms with van der Waals surface area (Å²) < 4.78 is 0. The van der Waals surface area contributed by atoms with E-state index in [1.807, 2.05) is 41.3 Å². The lowest BCUT2D eigenvalue weighted by molar-refractivity contribution is 0.0747. The van der Waals surface area contributed by atoms with Gasteiger partial charge in [0.2, 0.25) is 0 Å². The Bertz CT molecular complexity index is 666. The predicted molar refractivity (Wildman–Crippen MR) is 83.3 cm³/mol. The number of hydrogen-bond donors (Lipinski definition) is 1. The molecule has 1 unspecified atom stereocenters. The van der Waals surface area contributed by atoms with Crippen LogP contribution in [0.5, 0.6) is 5.75 Å². The number of phenolic OH excluding ortho intramolecular Hbond substituents is 1. The normalized spacial score (nSPS) is 18.0. The second-order valence-corrected chi connectivity index (χ2v) is 5.62. The largest absolute Gasteiger partial charge is 0.508 e. The Morgan fingerprint density at radius 2 is 1.86 bits per heavy atom. The first kappa shape index (κ1) is 13.7. The maximum atomic E-state index is 12.6. The molecule has 0 spiro atoms. The zero-order valence-corrected chi connectivity index (χ0v) is 12.1. The van der Waals surface area contributed by atoms with E-state index in [1.165, 1.54) is 0 Å². The highest BCUT2D eigenvalue weighted by Gasteiger charge is 2.25. The van der Waals surface area contributed by atoms with Gasteiger partial charge >= 0.3 is 0 Å². The van der Waals surface area contributed by atoms with Gasteiger partial charge in [0.25, 0.3) is 5.91 Å². The quantitative estimate of drug-likeness (QED) is 0.912. The third-order valence-electron chi connectivity index (χ3n) is 4.10. The van der Waals surface area contributed by atoms with Crippen molar-refractivity contribution in [1.29, 1.82) is 0 Å². The van der Waals surface area contributed by atoms with Gasteiger partial charge in [-0.2, -0.15) is 0 Å². The van der Waals surface area contributed by atoms with E-state index in [0.717, 1.165) is 30.5 Å². The highest BCUT2D eigenvalue weighted by molar-refractivity contribution is 5.95. The fourth-order valence-electron chi connectivity index (χ4n) is 2.92. The molecule has 1 saturated heterocycles. The Morgan fingerprint density at radius 1 is 1.14 bits per heavy atom. The summed E-state index contributed by atoms with van der Waals surface area (Å²) in [6.07, 6.45) is 2.16. The zero-order valence-electron chi connectivity index (χ0n) is 12.1. The number of phenols is 1. The molecule has 0 saturated carbocycles. The molecule has 2 aromatic carbocycles. The zero-order chi connectivity index (χ0) is 14.8. The summed E-state index contributed by atoms with van der Waals surface area (Å²) in [5.74, 6) is 0.333. The molecule has 1 aliphatic heterocycles. The summed E-state index contributed by atoms with van der Waals surface area (Å²) in [5, 5.41) is 9.59. The number of carbonyl (C=O) groups excluding carboxylic acids is 1. The third kappa shape index (κ3) is 2.77. The molecule has 0 aliphatic carbocycles. The highest BCUT2D eigenvalue weighted by atomic mass is 16.3. The van der Waals surface area contributed by atoms with Crippen LogP contribution in [0.15, 0.2) is 48.5 Å². The van der Waals surface area contributed by atoms with E-state index in [0.29, 0.717) is 11.6 Å². The van der Waals surface area contributed by atoms with Gasteiger partial charge < -0.3 is 10.0 Å². The Morgan fingerprint density at radius 3 is 2.52 bits per heavy atom. The van der Waals surface area contributed by atoms with Gasteiger partial charge in [-0.05, 0) is 55.2 Å². The van der Waals surface area contributed by atoms with Crippen molar-refractivity contribution in [1.82, 2.24) is 4.90 Å². The second-order valence-electron chi connectivity index (χ2n) is 5.62. The standard InChI is InChI=1S/C18H19NO2/c1-13-5-4-10-19(13)18(21)16-8-2-6-14(11-16)15-7-3-9-17(20)12-15/h2-3,6-9,11-13,20H,4-5,10H2,1H3. The number of likely N-dealkylation sites (tertiary alicyclic amines) is 1. The van der Waals surface area contributed by atoms with Crippen molar-refractivity contribution >= 4 is 5.91 Å².